The summed E-state index contributed by atoms with van der Waals surface area (Å²) in [6.07, 6.45) is 24.2. The Kier molecular flexibility index (Phi) is 22.8. The van der Waals surface area contributed by atoms with Crippen molar-refractivity contribution < 1.29 is 43.6 Å². The Morgan fingerprint density at radius 1 is 0.583 bits per heavy atom. The number of ether oxygens (including phenoxy) is 2. The van der Waals surface area contributed by atoms with Crippen molar-refractivity contribution in [1.82, 2.24) is 0 Å². The van der Waals surface area contributed by atoms with Gasteiger partial charge in [0.2, 0.25) is 0 Å². The molecule has 1 aromatic carbocycles. The maximum Gasteiger partial charge on any atom is 0.190 e. The van der Waals surface area contributed by atoms with Crippen molar-refractivity contribution in [3.8, 4) is 0 Å². The summed E-state index contributed by atoms with van der Waals surface area (Å²) in [7, 11) is -1.16. The van der Waals surface area contributed by atoms with Gasteiger partial charge < -0.3 is 9.47 Å². The van der Waals surface area contributed by atoms with Crippen LogP contribution in [0.2, 0.25) is 0 Å². The molecule has 2 unspecified atom stereocenters. The number of nitrogens with zero attached hydrogens (tertiary/aromatic N) is 2. The predicted octanol–water partition coefficient (Wildman–Crippen LogP) is 11.4. The molecule has 1 aromatic rings. The van der Waals surface area contributed by atoms with E-state index >= 15 is 0 Å². The van der Waals surface area contributed by atoms with Crippen LogP contribution in [0.3, 0.4) is 0 Å². The number of benzene rings is 1. The fraction of sp³-hybridized carbons (Fsp3) is 0.805. The van der Waals surface area contributed by atoms with Crippen molar-refractivity contribution in [2.45, 2.75) is 162 Å². The minimum Gasteiger partial charge on any atom is -0.478 e. The monoisotopic (exact) mass is 767 g/mol. The van der Waals surface area contributed by atoms with Crippen LogP contribution in [0, 0.1) is 23.7 Å². The second-order valence-corrected chi connectivity index (χ2v) is 19.9. The van der Waals surface area contributed by atoms with Gasteiger partial charge in [-0.05, 0) is 56.1 Å². The molecule has 4 saturated carbocycles. The second-order valence-electron chi connectivity index (χ2n) is 15.7. The van der Waals surface area contributed by atoms with Crippen LogP contribution in [-0.4, -0.2) is 56.1 Å². The molecule has 0 aromatic heterocycles. The first kappa shape index (κ1) is 45.6. The molecule has 0 amide bonds. The molecule has 278 valence electrons. The van der Waals surface area contributed by atoms with E-state index in [0.717, 1.165) is 30.7 Å². The van der Waals surface area contributed by atoms with Crippen molar-refractivity contribution in [1.29, 1.82) is 0 Å². The van der Waals surface area contributed by atoms with Gasteiger partial charge >= 0.3 is 0 Å². The first-order chi connectivity index (χ1) is 21.8. The van der Waals surface area contributed by atoms with Crippen LogP contribution in [-0.2, 0) is 43.6 Å². The van der Waals surface area contributed by atoms with Gasteiger partial charge in [-0.25, -0.2) is 9.98 Å². The Labute approximate surface area is 318 Å². The van der Waals surface area contributed by atoms with Gasteiger partial charge in [0.05, 0.1) is 42.3 Å². The Bertz CT molecular complexity index is 1010. The van der Waals surface area contributed by atoms with Crippen LogP contribution >= 0.6 is 7.26 Å². The fourth-order valence-electron chi connectivity index (χ4n) is 7.87. The van der Waals surface area contributed by atoms with E-state index in [-0.39, 0.29) is 41.6 Å². The molecule has 7 rings (SSSR count). The molecular formula is C41H72Fe2N2O2P+. The Balaban J connectivity index is 0.000000373. The maximum absolute atomic E-state index is 6.04. The average molecular weight is 768 g/mol. The summed E-state index contributed by atoms with van der Waals surface area (Å²) >= 11 is 0. The Morgan fingerprint density at radius 3 is 1.46 bits per heavy atom. The van der Waals surface area contributed by atoms with Crippen molar-refractivity contribution in [2.24, 2.45) is 33.7 Å². The second kappa shape index (κ2) is 24.0. The zero-order valence-electron chi connectivity index (χ0n) is 30.7. The van der Waals surface area contributed by atoms with Gasteiger partial charge in [0, 0.05) is 47.3 Å². The molecule has 7 heteroatoms. The van der Waals surface area contributed by atoms with E-state index in [9.17, 15) is 0 Å². The minimum atomic E-state index is -1.16. The maximum atomic E-state index is 6.04. The van der Waals surface area contributed by atoms with Crippen molar-refractivity contribution in [2.75, 3.05) is 26.5 Å². The average Bonchev–Trinajstić information content (AvgIpc) is 3.90. The normalized spacial score (nSPS) is 26.2. The molecule has 2 aliphatic heterocycles. The zero-order valence-corrected chi connectivity index (χ0v) is 33.8. The molecule has 4 aliphatic carbocycles. The minimum absolute atomic E-state index is 0. The first-order valence-electron chi connectivity index (χ1n) is 19.1. The van der Waals surface area contributed by atoms with Gasteiger partial charge in [0.15, 0.2) is 11.8 Å². The molecule has 0 radical (unpaired) electrons. The smallest absolute Gasteiger partial charge is 0.190 e. The standard InChI is InChI=1S/C19H29NOP.C11H19NO.2C5H10.CH4.2Fe/c1-14(2)17-13-21-19(20-17)16-11-8-12-18(16)22(3,4)15-9-6-5-7-10-15;1-8(2)10-7-13-11(12-10)9-5-3-4-6-9;2*1-2-4-5-3-1;;;/h5-7,9-10,14,16-18H,8,11-13H2,1-4H3;8-10H,3-7H2,1-2H3;2*1-5H2;1H4;;/q+1;;;;;;/t16?,17-,18?;10-;;;;;/m11...../s1. The van der Waals surface area contributed by atoms with Gasteiger partial charge in [-0.2, -0.15) is 0 Å². The molecule has 0 N–H and O–H groups in total. The van der Waals surface area contributed by atoms with E-state index in [1.807, 2.05) is 0 Å². The quantitative estimate of drug-likeness (QED) is 0.214. The first-order valence-corrected chi connectivity index (χ1v) is 21.8. The summed E-state index contributed by atoms with van der Waals surface area (Å²) in [4.78, 5) is 9.60. The SMILES string of the molecule is C.C1CCCC1.C1CCCC1.CC(C)[C@H]1COC(C2CCCC2)=N1.CC(C)[C@H]1COC(C2CCCC2[P+](C)(C)c2ccccc2)=N1.[Fe].[Fe]. The summed E-state index contributed by atoms with van der Waals surface area (Å²) in [5, 5.41) is 1.55. The summed E-state index contributed by atoms with van der Waals surface area (Å²) in [6, 6.07) is 11.9. The van der Waals surface area contributed by atoms with E-state index in [4.69, 9.17) is 14.5 Å². The van der Waals surface area contributed by atoms with Crippen LogP contribution in [0.25, 0.3) is 0 Å². The third kappa shape index (κ3) is 14.0. The summed E-state index contributed by atoms with van der Waals surface area (Å²) in [6.45, 7) is 15.5. The van der Waals surface area contributed by atoms with Gasteiger partial charge in [0.1, 0.15) is 13.2 Å². The van der Waals surface area contributed by atoms with E-state index in [2.05, 4.69) is 76.3 Å². The molecule has 6 aliphatic rings. The molecule has 0 saturated heterocycles. The Hall–Kier alpha value is -0.371. The van der Waals surface area contributed by atoms with Gasteiger partial charge in [-0.15, -0.1) is 0 Å². The van der Waals surface area contributed by atoms with Crippen LogP contribution in [0.5, 0.6) is 0 Å². The number of aliphatic imine (C=N–C) groups is 2. The molecule has 2 heterocycles. The van der Waals surface area contributed by atoms with E-state index < -0.39 is 7.26 Å². The Morgan fingerprint density at radius 2 is 1.02 bits per heavy atom. The molecule has 4 atom stereocenters. The summed E-state index contributed by atoms with van der Waals surface area (Å²) in [5.74, 6) is 4.55. The topological polar surface area (TPSA) is 43.2 Å². The molecule has 4 nitrogen and oxygen atoms in total. The van der Waals surface area contributed by atoms with Crippen LogP contribution in [0.1, 0.15) is 144 Å². The number of hydrogen-bond donors (Lipinski definition) is 0. The molecular weight excluding hydrogens is 695 g/mol. The van der Waals surface area contributed by atoms with E-state index in [1.165, 1.54) is 109 Å². The molecule has 48 heavy (non-hydrogen) atoms. The van der Waals surface area contributed by atoms with Gasteiger partial charge in [-0.1, -0.05) is 130 Å². The van der Waals surface area contributed by atoms with Gasteiger partial charge in [0.25, 0.3) is 0 Å². The summed E-state index contributed by atoms with van der Waals surface area (Å²) < 4.78 is 11.7. The fourth-order valence-corrected chi connectivity index (χ4v) is 11.2. The number of rotatable bonds is 6. The summed E-state index contributed by atoms with van der Waals surface area (Å²) in [5.41, 5.74) is 0.736. The largest absolute Gasteiger partial charge is 0.478 e. The van der Waals surface area contributed by atoms with Crippen LogP contribution < -0.4 is 5.30 Å². The molecule has 0 spiro atoms. The van der Waals surface area contributed by atoms with Crippen LogP contribution in [0.4, 0.5) is 0 Å². The van der Waals surface area contributed by atoms with Gasteiger partial charge in [-0.3, -0.25) is 0 Å². The third-order valence-corrected chi connectivity index (χ3v) is 15.1. The van der Waals surface area contributed by atoms with Crippen molar-refractivity contribution in [3.05, 3.63) is 30.3 Å². The van der Waals surface area contributed by atoms with E-state index in [0.29, 0.717) is 35.8 Å². The van der Waals surface area contributed by atoms with Crippen LogP contribution in [0.15, 0.2) is 40.3 Å². The van der Waals surface area contributed by atoms with Crippen molar-refractivity contribution >= 4 is 24.4 Å². The third-order valence-electron chi connectivity index (χ3n) is 11.2. The molecule has 4 fully saturated rings. The molecule has 0 bridgehead atoms. The van der Waals surface area contributed by atoms with E-state index in [1.54, 1.807) is 5.30 Å². The zero-order chi connectivity index (χ0) is 32.1. The predicted molar refractivity (Wildman–Crippen MR) is 205 cm³/mol. The number of hydrogen-bond acceptors (Lipinski definition) is 4. The van der Waals surface area contributed by atoms with Crippen molar-refractivity contribution in [3.63, 3.8) is 0 Å².